The highest BCUT2D eigenvalue weighted by atomic mass is 16.5. The molecule has 0 amide bonds. The Morgan fingerprint density at radius 2 is 2.11 bits per heavy atom. The van der Waals surface area contributed by atoms with Gasteiger partial charge < -0.3 is 10.1 Å². The molecule has 1 fully saturated rings. The van der Waals surface area contributed by atoms with Crippen LogP contribution in [0.25, 0.3) is 0 Å². The first kappa shape index (κ1) is 13.6. The zero-order chi connectivity index (χ0) is 13.1. The van der Waals surface area contributed by atoms with Crippen LogP contribution in [0.4, 0.5) is 0 Å². The van der Waals surface area contributed by atoms with E-state index in [0.717, 1.165) is 6.54 Å². The second-order valence-electron chi connectivity index (χ2n) is 5.64. The van der Waals surface area contributed by atoms with Crippen LogP contribution in [0.1, 0.15) is 49.4 Å². The molecule has 1 heterocycles. The Kier molecular flexibility index (Phi) is 4.41. The highest BCUT2D eigenvalue weighted by Crippen LogP contribution is 2.21. The van der Waals surface area contributed by atoms with Crippen LogP contribution in [0.2, 0.25) is 0 Å². The summed E-state index contributed by atoms with van der Waals surface area (Å²) < 4.78 is 5.84. The summed E-state index contributed by atoms with van der Waals surface area (Å²) in [6.45, 7) is 9.69. The van der Waals surface area contributed by atoms with Crippen LogP contribution in [0.15, 0.2) is 18.2 Å². The van der Waals surface area contributed by atoms with Gasteiger partial charge in [0.2, 0.25) is 0 Å². The highest BCUT2D eigenvalue weighted by molar-refractivity contribution is 5.32. The second-order valence-corrected chi connectivity index (χ2v) is 5.64. The third kappa shape index (κ3) is 3.33. The van der Waals surface area contributed by atoms with Gasteiger partial charge in [-0.25, -0.2) is 0 Å². The number of nitrogens with one attached hydrogen (secondary N) is 1. The molecule has 3 unspecified atom stereocenters. The van der Waals surface area contributed by atoms with Gasteiger partial charge in [-0.3, -0.25) is 0 Å². The van der Waals surface area contributed by atoms with Gasteiger partial charge in [0.25, 0.3) is 0 Å². The first-order chi connectivity index (χ1) is 8.56. The Bertz CT molecular complexity index is 402. The molecule has 3 atom stereocenters. The van der Waals surface area contributed by atoms with Crippen molar-refractivity contribution in [2.45, 2.75) is 58.8 Å². The average molecular weight is 247 g/mol. The summed E-state index contributed by atoms with van der Waals surface area (Å²) in [5, 5.41) is 3.60. The van der Waals surface area contributed by atoms with Crippen molar-refractivity contribution in [1.29, 1.82) is 0 Å². The molecular formula is C16H25NO. The Labute approximate surface area is 111 Å². The van der Waals surface area contributed by atoms with Crippen LogP contribution in [0, 0.1) is 13.8 Å². The molecule has 0 aromatic heterocycles. The Balaban J connectivity index is 1.91. The van der Waals surface area contributed by atoms with Gasteiger partial charge >= 0.3 is 0 Å². The van der Waals surface area contributed by atoms with Gasteiger partial charge in [0, 0.05) is 12.6 Å². The summed E-state index contributed by atoms with van der Waals surface area (Å²) in [5.74, 6) is 0. The minimum atomic E-state index is 0.393. The maximum Gasteiger partial charge on any atom is 0.0704 e. The predicted octanol–water partition coefficient (Wildman–Crippen LogP) is 3.52. The van der Waals surface area contributed by atoms with Gasteiger partial charge in [-0.2, -0.15) is 0 Å². The number of ether oxygens (including phenoxy) is 1. The number of hydrogen-bond acceptors (Lipinski definition) is 2. The number of hydrogen-bond donors (Lipinski definition) is 1. The quantitative estimate of drug-likeness (QED) is 0.879. The first-order valence-electron chi connectivity index (χ1n) is 7.02. The summed E-state index contributed by atoms with van der Waals surface area (Å²) in [6, 6.07) is 7.06. The predicted molar refractivity (Wildman–Crippen MR) is 75.9 cm³/mol. The summed E-state index contributed by atoms with van der Waals surface area (Å²) in [6.07, 6.45) is 3.22. The zero-order valence-electron chi connectivity index (χ0n) is 12.0. The summed E-state index contributed by atoms with van der Waals surface area (Å²) in [5.41, 5.74) is 4.09. The van der Waals surface area contributed by atoms with Gasteiger partial charge in [-0.15, -0.1) is 0 Å². The van der Waals surface area contributed by atoms with E-state index >= 15 is 0 Å². The molecular weight excluding hydrogens is 222 g/mol. The van der Waals surface area contributed by atoms with Crippen LogP contribution >= 0.6 is 0 Å². The minimum absolute atomic E-state index is 0.393. The van der Waals surface area contributed by atoms with Crippen molar-refractivity contribution >= 4 is 0 Å². The van der Waals surface area contributed by atoms with Crippen LogP contribution in [0.3, 0.4) is 0 Å². The first-order valence-corrected chi connectivity index (χ1v) is 7.02. The van der Waals surface area contributed by atoms with E-state index in [-0.39, 0.29) is 0 Å². The van der Waals surface area contributed by atoms with Crippen molar-refractivity contribution in [3.05, 3.63) is 34.9 Å². The molecule has 1 N–H and O–H groups in total. The van der Waals surface area contributed by atoms with Crippen LogP contribution in [-0.4, -0.2) is 18.8 Å². The van der Waals surface area contributed by atoms with E-state index in [4.69, 9.17) is 4.74 Å². The van der Waals surface area contributed by atoms with Crippen molar-refractivity contribution in [3.8, 4) is 0 Å². The minimum Gasteiger partial charge on any atom is -0.374 e. The van der Waals surface area contributed by atoms with Gasteiger partial charge in [0.05, 0.1) is 12.2 Å². The van der Waals surface area contributed by atoms with E-state index in [1.807, 2.05) is 0 Å². The molecule has 0 saturated carbocycles. The van der Waals surface area contributed by atoms with Crippen LogP contribution < -0.4 is 5.32 Å². The summed E-state index contributed by atoms with van der Waals surface area (Å²) in [4.78, 5) is 0. The van der Waals surface area contributed by atoms with Crippen LogP contribution in [0.5, 0.6) is 0 Å². The fourth-order valence-corrected chi connectivity index (χ4v) is 2.68. The lowest BCUT2D eigenvalue weighted by Crippen LogP contribution is -2.29. The van der Waals surface area contributed by atoms with Gasteiger partial charge in [-0.05, 0) is 51.7 Å². The Morgan fingerprint density at radius 1 is 1.33 bits per heavy atom. The van der Waals surface area contributed by atoms with Crippen molar-refractivity contribution in [2.24, 2.45) is 0 Å². The van der Waals surface area contributed by atoms with E-state index in [0.29, 0.717) is 18.2 Å². The Morgan fingerprint density at radius 3 is 2.78 bits per heavy atom. The number of benzene rings is 1. The molecule has 0 aliphatic carbocycles. The SMILES string of the molecule is Cc1ccc(C)c(C(C)NCC2CCC(C)O2)c1. The van der Waals surface area contributed by atoms with E-state index in [1.165, 1.54) is 29.5 Å². The average Bonchev–Trinajstić information content (AvgIpc) is 2.75. The number of aryl methyl sites for hydroxylation is 2. The topological polar surface area (TPSA) is 21.3 Å². The molecule has 1 aromatic carbocycles. The fourth-order valence-electron chi connectivity index (χ4n) is 2.68. The molecule has 0 radical (unpaired) electrons. The second kappa shape index (κ2) is 5.85. The molecule has 1 aromatic rings. The van der Waals surface area contributed by atoms with E-state index in [9.17, 15) is 0 Å². The largest absolute Gasteiger partial charge is 0.374 e. The van der Waals surface area contributed by atoms with E-state index in [1.54, 1.807) is 0 Å². The molecule has 2 rings (SSSR count). The molecule has 2 heteroatoms. The third-order valence-corrected chi connectivity index (χ3v) is 3.87. The summed E-state index contributed by atoms with van der Waals surface area (Å²) >= 11 is 0. The maximum absolute atomic E-state index is 5.84. The lowest BCUT2D eigenvalue weighted by Gasteiger charge is -2.20. The van der Waals surface area contributed by atoms with Crippen molar-refractivity contribution in [3.63, 3.8) is 0 Å². The lowest BCUT2D eigenvalue weighted by atomic mass is 10.00. The normalized spacial score (nSPS) is 25.3. The Hall–Kier alpha value is -0.860. The monoisotopic (exact) mass is 247 g/mol. The van der Waals surface area contributed by atoms with Gasteiger partial charge in [0.15, 0.2) is 0 Å². The van der Waals surface area contributed by atoms with E-state index in [2.05, 4.69) is 51.2 Å². The molecule has 0 bridgehead atoms. The molecule has 18 heavy (non-hydrogen) atoms. The van der Waals surface area contributed by atoms with Crippen molar-refractivity contribution in [2.75, 3.05) is 6.54 Å². The molecule has 100 valence electrons. The van der Waals surface area contributed by atoms with Gasteiger partial charge in [-0.1, -0.05) is 23.8 Å². The van der Waals surface area contributed by atoms with E-state index < -0.39 is 0 Å². The van der Waals surface area contributed by atoms with Crippen LogP contribution in [-0.2, 0) is 4.74 Å². The smallest absolute Gasteiger partial charge is 0.0704 e. The number of rotatable bonds is 4. The molecule has 1 aliphatic heterocycles. The molecule has 2 nitrogen and oxygen atoms in total. The van der Waals surface area contributed by atoms with Gasteiger partial charge in [0.1, 0.15) is 0 Å². The van der Waals surface area contributed by atoms with Crippen molar-refractivity contribution < 1.29 is 4.74 Å². The molecule has 1 aliphatic rings. The molecule has 1 saturated heterocycles. The maximum atomic E-state index is 5.84. The fraction of sp³-hybridized carbons (Fsp3) is 0.625. The standard InChI is InChI=1S/C16H25NO/c1-11-5-6-12(2)16(9-11)14(4)17-10-15-8-7-13(3)18-15/h5-6,9,13-15,17H,7-8,10H2,1-4H3. The summed E-state index contributed by atoms with van der Waals surface area (Å²) in [7, 11) is 0. The zero-order valence-corrected chi connectivity index (χ0v) is 12.0. The highest BCUT2D eigenvalue weighted by Gasteiger charge is 2.22. The third-order valence-electron chi connectivity index (χ3n) is 3.87. The van der Waals surface area contributed by atoms with Crippen molar-refractivity contribution in [1.82, 2.24) is 5.32 Å². The molecule has 0 spiro atoms. The lowest BCUT2D eigenvalue weighted by molar-refractivity contribution is 0.0546.